The van der Waals surface area contributed by atoms with Gasteiger partial charge in [0.15, 0.2) is 0 Å². The van der Waals surface area contributed by atoms with Crippen LogP contribution in [0.2, 0.25) is 0 Å². The molecule has 0 amide bonds. The summed E-state index contributed by atoms with van der Waals surface area (Å²) in [4.78, 5) is 2.26. The van der Waals surface area contributed by atoms with Gasteiger partial charge in [0.2, 0.25) is 0 Å². The van der Waals surface area contributed by atoms with E-state index in [1.165, 1.54) is 25.7 Å². The van der Waals surface area contributed by atoms with Gasteiger partial charge < -0.3 is 10.6 Å². The van der Waals surface area contributed by atoms with Crippen LogP contribution >= 0.6 is 15.9 Å². The first-order chi connectivity index (χ1) is 7.66. The zero-order chi connectivity index (χ0) is 11.5. The zero-order valence-corrected chi connectivity index (χ0v) is 11.3. The third-order valence-electron chi connectivity index (χ3n) is 3.50. The standard InChI is InChI=1S/C13H19BrN2/c1-16(8-7-10-3-2-4-10)13-6-5-11(14)9-12(13)15/h5-6,9-10H,2-4,7-8,15H2,1H3. The smallest absolute Gasteiger partial charge is 0.0598 e. The van der Waals surface area contributed by atoms with E-state index >= 15 is 0 Å². The molecule has 2 rings (SSSR count). The van der Waals surface area contributed by atoms with Gasteiger partial charge in [-0.3, -0.25) is 0 Å². The Hall–Kier alpha value is -0.700. The fraction of sp³-hybridized carbons (Fsp3) is 0.538. The van der Waals surface area contributed by atoms with E-state index in [1.807, 2.05) is 12.1 Å². The van der Waals surface area contributed by atoms with Crippen LogP contribution in [-0.2, 0) is 0 Å². The quantitative estimate of drug-likeness (QED) is 0.854. The van der Waals surface area contributed by atoms with E-state index in [0.717, 1.165) is 28.3 Å². The molecule has 1 aromatic rings. The molecule has 1 aliphatic rings. The highest BCUT2D eigenvalue weighted by atomic mass is 79.9. The number of nitrogen functional groups attached to an aromatic ring is 1. The number of halogens is 1. The summed E-state index contributed by atoms with van der Waals surface area (Å²) in [5.74, 6) is 0.958. The number of hydrogen-bond acceptors (Lipinski definition) is 2. The van der Waals surface area contributed by atoms with Crippen LogP contribution in [0.1, 0.15) is 25.7 Å². The second kappa shape index (κ2) is 5.09. The maximum atomic E-state index is 6.00. The average molecular weight is 283 g/mol. The minimum absolute atomic E-state index is 0.852. The van der Waals surface area contributed by atoms with Gasteiger partial charge in [-0.2, -0.15) is 0 Å². The lowest BCUT2D eigenvalue weighted by Gasteiger charge is -2.29. The van der Waals surface area contributed by atoms with Crippen molar-refractivity contribution in [3.63, 3.8) is 0 Å². The highest BCUT2D eigenvalue weighted by Gasteiger charge is 2.17. The van der Waals surface area contributed by atoms with Gasteiger partial charge in [-0.1, -0.05) is 35.2 Å². The monoisotopic (exact) mass is 282 g/mol. The Morgan fingerprint density at radius 1 is 1.44 bits per heavy atom. The van der Waals surface area contributed by atoms with E-state index in [0.29, 0.717) is 0 Å². The van der Waals surface area contributed by atoms with E-state index in [-0.39, 0.29) is 0 Å². The molecule has 0 spiro atoms. The molecule has 16 heavy (non-hydrogen) atoms. The largest absolute Gasteiger partial charge is 0.397 e. The maximum Gasteiger partial charge on any atom is 0.0598 e. The van der Waals surface area contributed by atoms with E-state index < -0.39 is 0 Å². The summed E-state index contributed by atoms with van der Waals surface area (Å²) >= 11 is 3.43. The maximum absolute atomic E-state index is 6.00. The van der Waals surface area contributed by atoms with Gasteiger partial charge in [-0.15, -0.1) is 0 Å². The molecule has 0 aliphatic heterocycles. The molecule has 1 aromatic carbocycles. The Morgan fingerprint density at radius 3 is 2.75 bits per heavy atom. The summed E-state index contributed by atoms with van der Waals surface area (Å²) in [5, 5.41) is 0. The van der Waals surface area contributed by atoms with Crippen molar-refractivity contribution in [2.45, 2.75) is 25.7 Å². The topological polar surface area (TPSA) is 29.3 Å². The number of nitrogens with two attached hydrogens (primary N) is 1. The number of nitrogens with zero attached hydrogens (tertiary/aromatic N) is 1. The fourth-order valence-electron chi connectivity index (χ4n) is 2.15. The lowest BCUT2D eigenvalue weighted by Crippen LogP contribution is -2.24. The lowest BCUT2D eigenvalue weighted by atomic mass is 9.83. The Bertz CT molecular complexity index is 361. The molecule has 1 saturated carbocycles. The molecule has 0 bridgehead atoms. The minimum atomic E-state index is 0.852. The van der Waals surface area contributed by atoms with Gasteiger partial charge >= 0.3 is 0 Å². The molecule has 0 unspecified atom stereocenters. The van der Waals surface area contributed by atoms with Crippen LogP contribution in [0.3, 0.4) is 0 Å². The fourth-order valence-corrected chi connectivity index (χ4v) is 2.53. The van der Waals surface area contributed by atoms with E-state index in [9.17, 15) is 0 Å². The Labute approximate surface area is 106 Å². The Morgan fingerprint density at radius 2 is 2.19 bits per heavy atom. The second-order valence-corrected chi connectivity index (χ2v) is 5.63. The van der Waals surface area contributed by atoms with Gasteiger partial charge in [0.1, 0.15) is 0 Å². The van der Waals surface area contributed by atoms with Gasteiger partial charge in [0, 0.05) is 18.1 Å². The van der Waals surface area contributed by atoms with Crippen LogP contribution in [0.5, 0.6) is 0 Å². The van der Waals surface area contributed by atoms with E-state index in [1.54, 1.807) is 0 Å². The molecule has 3 heteroatoms. The van der Waals surface area contributed by atoms with Gasteiger partial charge in [0.25, 0.3) is 0 Å². The predicted molar refractivity (Wildman–Crippen MR) is 73.8 cm³/mol. The molecule has 1 fully saturated rings. The van der Waals surface area contributed by atoms with Crippen LogP contribution in [0.15, 0.2) is 22.7 Å². The van der Waals surface area contributed by atoms with Crippen LogP contribution in [0.4, 0.5) is 11.4 Å². The van der Waals surface area contributed by atoms with Crippen molar-refractivity contribution >= 4 is 27.3 Å². The third kappa shape index (κ3) is 2.70. The van der Waals surface area contributed by atoms with Crippen molar-refractivity contribution in [3.8, 4) is 0 Å². The summed E-state index contributed by atoms with van der Waals surface area (Å²) in [6, 6.07) is 6.10. The van der Waals surface area contributed by atoms with Crippen LogP contribution in [0.25, 0.3) is 0 Å². The summed E-state index contributed by atoms with van der Waals surface area (Å²) in [7, 11) is 2.12. The van der Waals surface area contributed by atoms with Crippen LogP contribution < -0.4 is 10.6 Å². The molecular weight excluding hydrogens is 264 g/mol. The summed E-state index contributed by atoms with van der Waals surface area (Å²) in [6.45, 7) is 1.11. The highest BCUT2D eigenvalue weighted by Crippen LogP contribution is 2.31. The van der Waals surface area contributed by atoms with Crippen LogP contribution in [0, 0.1) is 5.92 Å². The van der Waals surface area contributed by atoms with Crippen molar-refractivity contribution in [1.82, 2.24) is 0 Å². The number of anilines is 2. The molecule has 0 saturated heterocycles. The molecule has 0 radical (unpaired) electrons. The zero-order valence-electron chi connectivity index (χ0n) is 9.75. The van der Waals surface area contributed by atoms with Crippen molar-refractivity contribution in [1.29, 1.82) is 0 Å². The predicted octanol–water partition coefficient (Wildman–Crippen LogP) is 3.66. The summed E-state index contributed by atoms with van der Waals surface area (Å²) in [6.07, 6.45) is 5.56. The highest BCUT2D eigenvalue weighted by molar-refractivity contribution is 9.10. The van der Waals surface area contributed by atoms with Crippen LogP contribution in [-0.4, -0.2) is 13.6 Å². The Kier molecular flexibility index (Phi) is 3.74. The lowest BCUT2D eigenvalue weighted by molar-refractivity contribution is 0.299. The molecule has 2 N–H and O–H groups in total. The van der Waals surface area contributed by atoms with Crippen molar-refractivity contribution < 1.29 is 0 Å². The summed E-state index contributed by atoms with van der Waals surface area (Å²) in [5.41, 5.74) is 8.00. The molecule has 0 heterocycles. The SMILES string of the molecule is CN(CCC1CCC1)c1ccc(Br)cc1N. The van der Waals surface area contributed by atoms with Crippen molar-refractivity contribution in [2.75, 3.05) is 24.2 Å². The number of benzene rings is 1. The van der Waals surface area contributed by atoms with Gasteiger partial charge in [0.05, 0.1) is 11.4 Å². The van der Waals surface area contributed by atoms with Gasteiger partial charge in [-0.25, -0.2) is 0 Å². The normalized spacial score (nSPS) is 15.9. The molecule has 1 aliphatic carbocycles. The summed E-state index contributed by atoms with van der Waals surface area (Å²) < 4.78 is 1.04. The van der Waals surface area contributed by atoms with E-state index in [4.69, 9.17) is 5.73 Å². The Balaban J connectivity index is 1.93. The van der Waals surface area contributed by atoms with Crippen molar-refractivity contribution in [2.24, 2.45) is 5.92 Å². The number of hydrogen-bond donors (Lipinski definition) is 1. The minimum Gasteiger partial charge on any atom is -0.397 e. The molecule has 0 aromatic heterocycles. The van der Waals surface area contributed by atoms with Crippen molar-refractivity contribution in [3.05, 3.63) is 22.7 Å². The first-order valence-corrected chi connectivity index (χ1v) is 6.72. The average Bonchev–Trinajstić information content (AvgIpc) is 2.14. The first-order valence-electron chi connectivity index (χ1n) is 5.93. The molecule has 88 valence electrons. The second-order valence-electron chi connectivity index (χ2n) is 4.71. The van der Waals surface area contributed by atoms with E-state index in [2.05, 4.69) is 33.9 Å². The van der Waals surface area contributed by atoms with Gasteiger partial charge in [-0.05, 0) is 30.5 Å². The molecule has 2 nitrogen and oxygen atoms in total. The first kappa shape index (κ1) is 11.8. The molecule has 0 atom stereocenters. The third-order valence-corrected chi connectivity index (χ3v) is 3.99. The molecular formula is C13H19BrN2. The number of rotatable bonds is 4.